The third-order valence-electron chi connectivity index (χ3n) is 2.95. The number of rotatable bonds is 10. The van der Waals surface area contributed by atoms with E-state index in [-0.39, 0.29) is 5.54 Å². The van der Waals surface area contributed by atoms with E-state index in [0.717, 1.165) is 13.1 Å². The largest absolute Gasteiger partial charge is 0.315 e. The van der Waals surface area contributed by atoms with Gasteiger partial charge in [0, 0.05) is 12.1 Å². The van der Waals surface area contributed by atoms with E-state index in [1.54, 1.807) is 0 Å². The molecule has 0 saturated heterocycles. The average Bonchev–Trinajstić information content (AvgIpc) is 2.22. The highest BCUT2D eigenvalue weighted by Crippen LogP contribution is 2.04. The molecule has 0 aromatic carbocycles. The van der Waals surface area contributed by atoms with Gasteiger partial charge in [0.2, 0.25) is 0 Å². The van der Waals surface area contributed by atoms with Gasteiger partial charge in [-0.1, -0.05) is 39.0 Å². The molecule has 0 radical (unpaired) electrons. The van der Waals surface area contributed by atoms with Gasteiger partial charge in [-0.2, -0.15) is 0 Å². The fraction of sp³-hybridized carbons (Fsp3) is 1.00. The summed E-state index contributed by atoms with van der Waals surface area (Å²) < 4.78 is 0. The summed E-state index contributed by atoms with van der Waals surface area (Å²) in [6.07, 6.45) is 8.27. The monoisotopic (exact) mass is 214 g/mol. The molecule has 0 atom stereocenters. The van der Waals surface area contributed by atoms with E-state index < -0.39 is 0 Å². The Morgan fingerprint density at radius 3 is 2.13 bits per heavy atom. The van der Waals surface area contributed by atoms with Crippen LogP contribution in [0.2, 0.25) is 0 Å². The SMILES string of the molecule is CCCCCCCCNCC(C)(C)NC. The zero-order valence-electron chi connectivity index (χ0n) is 11.2. The van der Waals surface area contributed by atoms with Gasteiger partial charge in [-0.05, 0) is 33.9 Å². The van der Waals surface area contributed by atoms with Crippen LogP contribution in [0.25, 0.3) is 0 Å². The van der Waals surface area contributed by atoms with E-state index in [1.807, 2.05) is 7.05 Å². The van der Waals surface area contributed by atoms with Crippen molar-refractivity contribution in [1.82, 2.24) is 10.6 Å². The van der Waals surface area contributed by atoms with Gasteiger partial charge in [-0.15, -0.1) is 0 Å². The molecule has 0 aliphatic heterocycles. The van der Waals surface area contributed by atoms with Crippen LogP contribution in [-0.2, 0) is 0 Å². The van der Waals surface area contributed by atoms with E-state index in [1.165, 1.54) is 38.5 Å². The van der Waals surface area contributed by atoms with Gasteiger partial charge in [-0.25, -0.2) is 0 Å². The second-order valence-electron chi connectivity index (χ2n) is 5.08. The first-order chi connectivity index (χ1) is 7.12. The van der Waals surface area contributed by atoms with E-state index in [4.69, 9.17) is 0 Å². The standard InChI is InChI=1S/C13H30N2/c1-5-6-7-8-9-10-11-15-12-13(2,3)14-4/h14-15H,5-12H2,1-4H3. The molecule has 2 heteroatoms. The fourth-order valence-electron chi connectivity index (χ4n) is 1.52. The summed E-state index contributed by atoms with van der Waals surface area (Å²) >= 11 is 0. The molecule has 0 aliphatic carbocycles. The van der Waals surface area contributed by atoms with Crippen LogP contribution in [0.3, 0.4) is 0 Å². The lowest BCUT2D eigenvalue weighted by Gasteiger charge is -2.24. The first kappa shape index (κ1) is 14.9. The lowest BCUT2D eigenvalue weighted by atomic mass is 10.1. The molecule has 0 amide bonds. The van der Waals surface area contributed by atoms with Crippen LogP contribution in [0, 0.1) is 0 Å². The maximum atomic E-state index is 3.50. The molecule has 0 heterocycles. The number of hydrogen-bond acceptors (Lipinski definition) is 2. The zero-order chi connectivity index (χ0) is 11.6. The van der Waals surface area contributed by atoms with E-state index in [9.17, 15) is 0 Å². The molecule has 2 N–H and O–H groups in total. The summed E-state index contributed by atoms with van der Waals surface area (Å²) in [6, 6.07) is 0. The lowest BCUT2D eigenvalue weighted by molar-refractivity contribution is 0.391. The Balaban J connectivity index is 3.11. The molecule has 0 saturated carbocycles. The predicted molar refractivity (Wildman–Crippen MR) is 69.4 cm³/mol. The van der Waals surface area contributed by atoms with Crippen molar-refractivity contribution in [1.29, 1.82) is 0 Å². The Morgan fingerprint density at radius 1 is 0.933 bits per heavy atom. The molecule has 15 heavy (non-hydrogen) atoms. The summed E-state index contributed by atoms with van der Waals surface area (Å²) in [5.74, 6) is 0. The first-order valence-corrected chi connectivity index (χ1v) is 6.52. The van der Waals surface area contributed by atoms with Crippen molar-refractivity contribution >= 4 is 0 Å². The minimum absolute atomic E-state index is 0.224. The molecule has 0 aromatic rings. The van der Waals surface area contributed by atoms with Crippen molar-refractivity contribution < 1.29 is 0 Å². The summed E-state index contributed by atoms with van der Waals surface area (Å²) in [5, 5.41) is 6.80. The zero-order valence-corrected chi connectivity index (χ0v) is 11.2. The van der Waals surface area contributed by atoms with E-state index in [0.29, 0.717) is 0 Å². The van der Waals surface area contributed by atoms with E-state index >= 15 is 0 Å². The smallest absolute Gasteiger partial charge is 0.0246 e. The molecular formula is C13H30N2. The Morgan fingerprint density at radius 2 is 1.53 bits per heavy atom. The highest BCUT2D eigenvalue weighted by Gasteiger charge is 2.12. The third-order valence-corrected chi connectivity index (χ3v) is 2.95. The number of hydrogen-bond donors (Lipinski definition) is 2. The van der Waals surface area contributed by atoms with Gasteiger partial charge in [0.05, 0.1) is 0 Å². The highest BCUT2D eigenvalue weighted by molar-refractivity contribution is 4.77. The van der Waals surface area contributed by atoms with Gasteiger partial charge in [0.1, 0.15) is 0 Å². The maximum Gasteiger partial charge on any atom is 0.0246 e. The highest BCUT2D eigenvalue weighted by atomic mass is 15.0. The molecule has 0 fully saturated rings. The van der Waals surface area contributed by atoms with Gasteiger partial charge < -0.3 is 10.6 Å². The van der Waals surface area contributed by atoms with E-state index in [2.05, 4.69) is 31.4 Å². The molecule has 0 aliphatic rings. The van der Waals surface area contributed by atoms with Gasteiger partial charge in [-0.3, -0.25) is 0 Å². The lowest BCUT2D eigenvalue weighted by Crippen LogP contribution is -2.45. The molecule has 0 rings (SSSR count). The van der Waals surface area contributed by atoms with Crippen LogP contribution < -0.4 is 10.6 Å². The summed E-state index contributed by atoms with van der Waals surface area (Å²) in [4.78, 5) is 0. The van der Waals surface area contributed by atoms with Crippen LogP contribution >= 0.6 is 0 Å². The fourth-order valence-corrected chi connectivity index (χ4v) is 1.52. The van der Waals surface area contributed by atoms with Crippen molar-refractivity contribution in [3.8, 4) is 0 Å². The number of likely N-dealkylation sites (N-methyl/N-ethyl adjacent to an activating group) is 1. The predicted octanol–water partition coefficient (Wildman–Crippen LogP) is 2.93. The molecular weight excluding hydrogens is 184 g/mol. The molecule has 0 unspecified atom stereocenters. The molecule has 0 aromatic heterocycles. The average molecular weight is 214 g/mol. The van der Waals surface area contributed by atoms with Crippen LogP contribution in [0.5, 0.6) is 0 Å². The van der Waals surface area contributed by atoms with Crippen molar-refractivity contribution in [2.45, 2.75) is 64.8 Å². The molecule has 2 nitrogen and oxygen atoms in total. The second kappa shape index (κ2) is 9.17. The third kappa shape index (κ3) is 10.2. The van der Waals surface area contributed by atoms with Crippen molar-refractivity contribution in [3.05, 3.63) is 0 Å². The van der Waals surface area contributed by atoms with Crippen LogP contribution in [-0.4, -0.2) is 25.7 Å². The summed E-state index contributed by atoms with van der Waals surface area (Å²) in [7, 11) is 2.02. The van der Waals surface area contributed by atoms with Crippen molar-refractivity contribution in [2.75, 3.05) is 20.1 Å². The minimum atomic E-state index is 0.224. The summed E-state index contributed by atoms with van der Waals surface area (Å²) in [6.45, 7) is 8.93. The van der Waals surface area contributed by atoms with Crippen LogP contribution in [0.4, 0.5) is 0 Å². The number of nitrogens with one attached hydrogen (secondary N) is 2. The van der Waals surface area contributed by atoms with Crippen molar-refractivity contribution in [3.63, 3.8) is 0 Å². The summed E-state index contributed by atoms with van der Waals surface area (Å²) in [5.41, 5.74) is 0.224. The number of unbranched alkanes of at least 4 members (excludes halogenated alkanes) is 5. The Bertz CT molecular complexity index is 132. The molecule has 0 spiro atoms. The minimum Gasteiger partial charge on any atom is -0.315 e. The second-order valence-corrected chi connectivity index (χ2v) is 5.08. The maximum absolute atomic E-state index is 3.50. The van der Waals surface area contributed by atoms with Crippen LogP contribution in [0.1, 0.15) is 59.3 Å². The first-order valence-electron chi connectivity index (χ1n) is 6.52. The normalized spacial score (nSPS) is 12.0. The Hall–Kier alpha value is -0.0800. The van der Waals surface area contributed by atoms with Gasteiger partial charge in [0.15, 0.2) is 0 Å². The topological polar surface area (TPSA) is 24.1 Å². The van der Waals surface area contributed by atoms with Gasteiger partial charge >= 0.3 is 0 Å². The van der Waals surface area contributed by atoms with Crippen molar-refractivity contribution in [2.24, 2.45) is 0 Å². The quantitative estimate of drug-likeness (QED) is 0.546. The van der Waals surface area contributed by atoms with Crippen LogP contribution in [0.15, 0.2) is 0 Å². The molecule has 92 valence electrons. The Labute approximate surface area is 96.2 Å². The van der Waals surface area contributed by atoms with Gasteiger partial charge in [0.25, 0.3) is 0 Å². The Kier molecular flexibility index (Phi) is 9.12. The molecule has 0 bridgehead atoms.